The number of nitrogens with one attached hydrogen (secondary N) is 1. The van der Waals surface area contributed by atoms with E-state index in [9.17, 15) is 18.3 Å². The maximum Gasteiger partial charge on any atom is 0.418 e. The molecule has 0 radical (unpaired) electrons. The summed E-state index contributed by atoms with van der Waals surface area (Å²) in [6, 6.07) is 18.2. The number of nitrogens with zero attached hydrogens (tertiary/aromatic N) is 3. The van der Waals surface area contributed by atoms with Gasteiger partial charge in [0, 0.05) is 28.9 Å². The van der Waals surface area contributed by atoms with E-state index in [1.54, 1.807) is 37.6 Å². The number of methoxy groups -OCH3 is 1. The van der Waals surface area contributed by atoms with Gasteiger partial charge in [-0.2, -0.15) is 18.3 Å². The van der Waals surface area contributed by atoms with Crippen molar-refractivity contribution >= 4 is 11.0 Å². The van der Waals surface area contributed by atoms with Gasteiger partial charge in [-0.3, -0.25) is 10.1 Å². The minimum atomic E-state index is -4.63. The Bertz CT molecular complexity index is 1510. The van der Waals surface area contributed by atoms with Crippen LogP contribution in [0.2, 0.25) is 0 Å². The van der Waals surface area contributed by atoms with E-state index in [1.807, 2.05) is 30.3 Å². The lowest BCUT2D eigenvalue weighted by Gasteiger charge is -2.17. The number of alkyl halides is 3. The molecule has 0 spiro atoms. The molecule has 0 saturated carbocycles. The van der Waals surface area contributed by atoms with Crippen molar-refractivity contribution in [3.63, 3.8) is 0 Å². The van der Waals surface area contributed by atoms with E-state index in [0.29, 0.717) is 22.5 Å². The standard InChI is InChI=1S/C26H19F3N4O2/c1-35-21-10-3-2-8-18(21)22-19-13-17(14-31-25(19)33-32-22)15-6-4-7-16(12-15)24(34)23-20(26(27,28)29)9-5-11-30-23/h2-14,24,34H,1H3,(H,31,32,33). The van der Waals surface area contributed by atoms with Crippen molar-refractivity contribution in [1.82, 2.24) is 20.2 Å². The molecule has 176 valence electrons. The summed E-state index contributed by atoms with van der Waals surface area (Å²) >= 11 is 0. The van der Waals surface area contributed by atoms with Crippen molar-refractivity contribution in [1.29, 1.82) is 0 Å². The Labute approximate surface area is 198 Å². The van der Waals surface area contributed by atoms with Gasteiger partial charge in [0.25, 0.3) is 0 Å². The molecule has 0 saturated heterocycles. The molecule has 3 aromatic heterocycles. The first-order chi connectivity index (χ1) is 16.9. The molecule has 0 aliphatic heterocycles. The van der Waals surface area contributed by atoms with Crippen LogP contribution in [0.15, 0.2) is 79.1 Å². The van der Waals surface area contributed by atoms with Gasteiger partial charge in [0.1, 0.15) is 11.9 Å². The minimum absolute atomic E-state index is 0.281. The quantitative estimate of drug-likeness (QED) is 0.335. The molecule has 2 N–H and O–H groups in total. The number of fused-ring (bicyclic) bond motifs is 1. The molecule has 5 aromatic rings. The van der Waals surface area contributed by atoms with Gasteiger partial charge in [-0.15, -0.1) is 0 Å². The topological polar surface area (TPSA) is 83.9 Å². The summed E-state index contributed by atoms with van der Waals surface area (Å²) in [6.45, 7) is 0. The fraction of sp³-hybridized carbons (Fsp3) is 0.115. The number of aliphatic hydroxyl groups excluding tert-OH is 1. The minimum Gasteiger partial charge on any atom is -0.496 e. The van der Waals surface area contributed by atoms with Crippen molar-refractivity contribution in [2.75, 3.05) is 7.11 Å². The molecule has 5 rings (SSSR count). The maximum absolute atomic E-state index is 13.4. The Morgan fingerprint density at radius 3 is 2.57 bits per heavy atom. The predicted octanol–water partition coefficient (Wildman–Crippen LogP) is 5.80. The first-order valence-corrected chi connectivity index (χ1v) is 10.6. The summed E-state index contributed by atoms with van der Waals surface area (Å²) in [5.41, 5.74) is 2.30. The van der Waals surface area contributed by atoms with E-state index >= 15 is 0 Å². The molecule has 9 heteroatoms. The molecule has 0 bridgehead atoms. The second kappa shape index (κ2) is 8.84. The summed E-state index contributed by atoms with van der Waals surface area (Å²) in [5.74, 6) is 0.671. The number of rotatable bonds is 5. The fourth-order valence-electron chi connectivity index (χ4n) is 4.04. The van der Waals surface area contributed by atoms with Crippen LogP contribution in [0, 0.1) is 0 Å². The first-order valence-electron chi connectivity index (χ1n) is 10.6. The number of hydrogen-bond acceptors (Lipinski definition) is 5. The van der Waals surface area contributed by atoms with Crippen molar-refractivity contribution in [2.24, 2.45) is 0 Å². The molecule has 3 heterocycles. The lowest BCUT2D eigenvalue weighted by atomic mass is 9.97. The van der Waals surface area contributed by atoms with Gasteiger partial charge in [-0.1, -0.05) is 30.3 Å². The van der Waals surface area contributed by atoms with E-state index in [4.69, 9.17) is 4.74 Å². The summed E-state index contributed by atoms with van der Waals surface area (Å²) in [4.78, 5) is 8.24. The SMILES string of the molecule is COc1ccccc1-c1[nH]nc2ncc(-c3cccc(C(O)c4ncccc4C(F)(F)F)c3)cc12. The molecule has 6 nitrogen and oxygen atoms in total. The van der Waals surface area contributed by atoms with E-state index in [0.717, 1.165) is 22.7 Å². The summed E-state index contributed by atoms with van der Waals surface area (Å²) in [6.07, 6.45) is -3.33. The van der Waals surface area contributed by atoms with E-state index < -0.39 is 23.5 Å². The number of aliphatic hydroxyl groups is 1. The van der Waals surface area contributed by atoms with Crippen LogP contribution in [0.4, 0.5) is 13.2 Å². The molecule has 1 unspecified atom stereocenters. The lowest BCUT2D eigenvalue weighted by Crippen LogP contribution is -2.14. The molecular formula is C26H19F3N4O2. The lowest BCUT2D eigenvalue weighted by molar-refractivity contribution is -0.139. The number of aromatic amines is 1. The molecule has 0 aliphatic carbocycles. The highest BCUT2D eigenvalue weighted by molar-refractivity contribution is 5.94. The van der Waals surface area contributed by atoms with Crippen molar-refractivity contribution < 1.29 is 23.0 Å². The summed E-state index contributed by atoms with van der Waals surface area (Å²) in [7, 11) is 1.59. The number of benzene rings is 2. The van der Waals surface area contributed by atoms with Crippen LogP contribution in [0.1, 0.15) is 22.9 Å². The largest absolute Gasteiger partial charge is 0.496 e. The molecule has 35 heavy (non-hydrogen) atoms. The number of para-hydroxylation sites is 1. The number of aromatic nitrogens is 4. The van der Waals surface area contributed by atoms with Gasteiger partial charge in [-0.05, 0) is 47.5 Å². The van der Waals surface area contributed by atoms with Crippen LogP contribution >= 0.6 is 0 Å². The van der Waals surface area contributed by atoms with Crippen LogP contribution in [0.3, 0.4) is 0 Å². The summed E-state index contributed by atoms with van der Waals surface area (Å²) in [5, 5.41) is 18.8. The molecule has 0 aliphatic rings. The molecule has 2 aromatic carbocycles. The zero-order chi connectivity index (χ0) is 24.6. The fourth-order valence-corrected chi connectivity index (χ4v) is 4.04. The van der Waals surface area contributed by atoms with Crippen molar-refractivity contribution in [3.8, 4) is 28.1 Å². The Kier molecular flexibility index (Phi) is 5.70. The second-order valence-electron chi connectivity index (χ2n) is 7.86. The zero-order valence-electron chi connectivity index (χ0n) is 18.4. The third-order valence-corrected chi connectivity index (χ3v) is 5.72. The van der Waals surface area contributed by atoms with Crippen LogP contribution < -0.4 is 4.74 Å². The highest BCUT2D eigenvalue weighted by Gasteiger charge is 2.36. The normalized spacial score (nSPS) is 12.6. The van der Waals surface area contributed by atoms with Gasteiger partial charge < -0.3 is 9.84 Å². The number of ether oxygens (including phenoxy) is 1. The third kappa shape index (κ3) is 4.22. The Morgan fingerprint density at radius 2 is 1.77 bits per heavy atom. The van der Waals surface area contributed by atoms with Gasteiger partial charge in [0.15, 0.2) is 5.65 Å². The molecule has 0 amide bonds. The molecule has 0 fully saturated rings. The smallest absolute Gasteiger partial charge is 0.418 e. The van der Waals surface area contributed by atoms with Gasteiger partial charge >= 0.3 is 6.18 Å². The van der Waals surface area contributed by atoms with Crippen molar-refractivity contribution in [2.45, 2.75) is 12.3 Å². The highest BCUT2D eigenvalue weighted by atomic mass is 19.4. The Hall–Kier alpha value is -4.24. The van der Waals surface area contributed by atoms with Crippen LogP contribution in [0.25, 0.3) is 33.4 Å². The number of pyridine rings is 2. The number of hydrogen-bond donors (Lipinski definition) is 2. The van der Waals surface area contributed by atoms with Gasteiger partial charge in [0.05, 0.1) is 24.1 Å². The number of H-pyrrole nitrogens is 1. The van der Waals surface area contributed by atoms with Crippen molar-refractivity contribution in [3.05, 3.63) is 95.9 Å². The molecule has 1 atom stereocenters. The zero-order valence-corrected chi connectivity index (χ0v) is 18.4. The Balaban J connectivity index is 1.56. The second-order valence-corrected chi connectivity index (χ2v) is 7.86. The van der Waals surface area contributed by atoms with Crippen LogP contribution in [-0.4, -0.2) is 32.4 Å². The number of halogens is 3. The average molecular weight is 476 g/mol. The van der Waals surface area contributed by atoms with E-state index in [2.05, 4.69) is 20.2 Å². The monoisotopic (exact) mass is 476 g/mol. The Morgan fingerprint density at radius 1 is 0.943 bits per heavy atom. The maximum atomic E-state index is 13.4. The highest BCUT2D eigenvalue weighted by Crippen LogP contribution is 2.37. The summed E-state index contributed by atoms with van der Waals surface area (Å²) < 4.78 is 45.8. The first kappa shape index (κ1) is 22.5. The van der Waals surface area contributed by atoms with Crippen LogP contribution in [-0.2, 0) is 6.18 Å². The molecular weight excluding hydrogens is 457 g/mol. The average Bonchev–Trinajstić information content (AvgIpc) is 3.31. The third-order valence-electron chi connectivity index (χ3n) is 5.72. The van der Waals surface area contributed by atoms with Crippen LogP contribution in [0.5, 0.6) is 5.75 Å². The van der Waals surface area contributed by atoms with E-state index in [1.165, 1.54) is 12.3 Å². The predicted molar refractivity (Wildman–Crippen MR) is 125 cm³/mol. The van der Waals surface area contributed by atoms with Gasteiger partial charge in [0.2, 0.25) is 0 Å². The van der Waals surface area contributed by atoms with E-state index in [-0.39, 0.29) is 5.56 Å². The van der Waals surface area contributed by atoms with Gasteiger partial charge in [-0.25, -0.2) is 4.98 Å².